The smallest absolute Gasteiger partial charge is 0.248 e. The van der Waals surface area contributed by atoms with Crippen LogP contribution in [0.4, 0.5) is 27.5 Å². The molecule has 4 aromatic rings. The number of carbonyl (C=O) groups is 1. The molecule has 1 aliphatic rings. The molecule has 2 aromatic heterocycles. The number of piperazine rings is 1. The summed E-state index contributed by atoms with van der Waals surface area (Å²) in [6, 6.07) is 14.5. The van der Waals surface area contributed by atoms with E-state index >= 15 is 0 Å². The molecule has 1 saturated heterocycles. The number of hydrogen-bond donors (Lipinski definition) is 2. The molecule has 0 spiro atoms. The zero-order valence-corrected chi connectivity index (χ0v) is 19.9. The van der Waals surface area contributed by atoms with Crippen molar-refractivity contribution < 1.29 is 9.18 Å². The van der Waals surface area contributed by atoms with Gasteiger partial charge in [0.2, 0.25) is 11.9 Å². The summed E-state index contributed by atoms with van der Waals surface area (Å²) in [5, 5.41) is 6.65. The Kier molecular flexibility index (Phi) is 6.55. The fourth-order valence-electron chi connectivity index (χ4n) is 4.21. The van der Waals surface area contributed by atoms with E-state index in [0.29, 0.717) is 23.1 Å². The Labute approximate surface area is 208 Å². The van der Waals surface area contributed by atoms with Gasteiger partial charge in [0.25, 0.3) is 0 Å². The van der Waals surface area contributed by atoms with Gasteiger partial charge in [-0.1, -0.05) is 24.8 Å². The Bertz CT molecular complexity index is 1430. The first-order chi connectivity index (χ1) is 17.5. The number of carbonyl (C=O) groups excluding carboxylic acids is 1. The van der Waals surface area contributed by atoms with E-state index in [1.54, 1.807) is 24.5 Å². The molecule has 0 radical (unpaired) electrons. The lowest BCUT2D eigenvalue weighted by Gasteiger charge is -2.34. The molecule has 0 atom stereocenters. The Morgan fingerprint density at radius 3 is 2.69 bits per heavy atom. The first-order valence-corrected chi connectivity index (χ1v) is 11.7. The van der Waals surface area contributed by atoms with Crippen molar-refractivity contribution in [1.82, 2.24) is 19.9 Å². The van der Waals surface area contributed by atoms with E-state index in [4.69, 9.17) is 4.98 Å². The first kappa shape index (κ1) is 23.4. The highest BCUT2D eigenvalue weighted by Gasteiger charge is 2.18. The van der Waals surface area contributed by atoms with Crippen molar-refractivity contribution in [3.8, 4) is 11.1 Å². The summed E-state index contributed by atoms with van der Waals surface area (Å²) in [6.07, 6.45) is 4.54. The lowest BCUT2D eigenvalue weighted by molar-refractivity contribution is -0.111. The summed E-state index contributed by atoms with van der Waals surface area (Å²) in [4.78, 5) is 29.3. The molecule has 1 aliphatic heterocycles. The van der Waals surface area contributed by atoms with Gasteiger partial charge in [0.1, 0.15) is 11.6 Å². The number of likely N-dealkylation sites (N-methyl/N-ethyl adjacent to an activating group) is 1. The molecule has 2 aromatic carbocycles. The quantitative estimate of drug-likeness (QED) is 0.392. The van der Waals surface area contributed by atoms with E-state index in [1.165, 1.54) is 12.1 Å². The number of hydrogen-bond acceptors (Lipinski definition) is 7. The maximum Gasteiger partial charge on any atom is 0.248 e. The third kappa shape index (κ3) is 5.01. The summed E-state index contributed by atoms with van der Waals surface area (Å²) < 4.78 is 14.9. The van der Waals surface area contributed by atoms with Crippen molar-refractivity contribution in [3.63, 3.8) is 0 Å². The van der Waals surface area contributed by atoms with E-state index in [-0.39, 0.29) is 11.7 Å². The summed E-state index contributed by atoms with van der Waals surface area (Å²) in [5.41, 5.74) is 3.58. The number of para-hydroxylation sites is 1. The number of halogens is 1. The second kappa shape index (κ2) is 10.1. The number of rotatable bonds is 6. The second-order valence-electron chi connectivity index (χ2n) is 8.64. The van der Waals surface area contributed by atoms with Gasteiger partial charge < -0.3 is 20.4 Å². The van der Waals surface area contributed by atoms with Crippen LogP contribution in [0.5, 0.6) is 0 Å². The largest absolute Gasteiger partial charge is 0.367 e. The third-order valence-electron chi connectivity index (χ3n) is 6.17. The summed E-state index contributed by atoms with van der Waals surface area (Å²) >= 11 is 0. The van der Waals surface area contributed by atoms with Gasteiger partial charge in [-0.05, 0) is 49.0 Å². The number of anilines is 4. The number of nitrogens with one attached hydrogen (secondary N) is 2. The van der Waals surface area contributed by atoms with Crippen LogP contribution in [0.3, 0.4) is 0 Å². The average molecular weight is 484 g/mol. The lowest BCUT2D eigenvalue weighted by Crippen LogP contribution is -2.44. The lowest BCUT2D eigenvalue weighted by atomic mass is 10.0. The van der Waals surface area contributed by atoms with Gasteiger partial charge in [-0.3, -0.25) is 4.79 Å². The highest BCUT2D eigenvalue weighted by Crippen LogP contribution is 2.30. The summed E-state index contributed by atoms with van der Waals surface area (Å²) in [7, 11) is 2.07. The molecule has 0 aliphatic carbocycles. The van der Waals surface area contributed by atoms with Crippen LogP contribution >= 0.6 is 0 Å². The maximum atomic E-state index is 14.9. The SMILES string of the molecule is C=CC(=O)Nc1cc(-c2cccc3cnc(Nc4ccc(N5CCN(C)CC5)c(F)c4)nc23)ccn1. The Hall–Kier alpha value is -4.37. The highest BCUT2D eigenvalue weighted by atomic mass is 19.1. The van der Waals surface area contributed by atoms with Crippen molar-refractivity contribution in [2.45, 2.75) is 0 Å². The van der Waals surface area contributed by atoms with Gasteiger partial charge >= 0.3 is 0 Å². The van der Waals surface area contributed by atoms with Gasteiger partial charge in [0, 0.05) is 55.2 Å². The Balaban J connectivity index is 1.42. The van der Waals surface area contributed by atoms with E-state index < -0.39 is 0 Å². The van der Waals surface area contributed by atoms with Crippen molar-refractivity contribution in [1.29, 1.82) is 0 Å². The number of amides is 1. The highest BCUT2D eigenvalue weighted by molar-refractivity contribution is 5.99. The molecular formula is C27H26FN7O. The van der Waals surface area contributed by atoms with Crippen LogP contribution in [0.2, 0.25) is 0 Å². The Morgan fingerprint density at radius 1 is 1.08 bits per heavy atom. The van der Waals surface area contributed by atoms with Gasteiger partial charge in [-0.2, -0.15) is 0 Å². The maximum absolute atomic E-state index is 14.9. The molecule has 2 N–H and O–H groups in total. The van der Waals surface area contributed by atoms with Crippen LogP contribution in [0, 0.1) is 5.82 Å². The van der Waals surface area contributed by atoms with Crippen LogP contribution in [0.25, 0.3) is 22.0 Å². The molecule has 36 heavy (non-hydrogen) atoms. The fourth-order valence-corrected chi connectivity index (χ4v) is 4.21. The van der Waals surface area contributed by atoms with E-state index in [2.05, 4.69) is 44.0 Å². The van der Waals surface area contributed by atoms with E-state index in [9.17, 15) is 9.18 Å². The minimum atomic E-state index is -0.336. The fraction of sp³-hybridized carbons (Fsp3) is 0.185. The molecule has 8 nitrogen and oxygen atoms in total. The molecule has 182 valence electrons. The Morgan fingerprint density at radius 2 is 1.92 bits per heavy atom. The topological polar surface area (TPSA) is 86.3 Å². The van der Waals surface area contributed by atoms with Crippen molar-refractivity contribution in [3.05, 3.63) is 79.4 Å². The van der Waals surface area contributed by atoms with E-state index in [0.717, 1.165) is 48.2 Å². The van der Waals surface area contributed by atoms with Crippen molar-refractivity contribution in [2.24, 2.45) is 0 Å². The predicted molar refractivity (Wildman–Crippen MR) is 141 cm³/mol. The summed E-state index contributed by atoms with van der Waals surface area (Å²) in [5.74, 6) is 0.155. The number of aromatic nitrogens is 3. The van der Waals surface area contributed by atoms with Crippen LogP contribution < -0.4 is 15.5 Å². The van der Waals surface area contributed by atoms with Crippen LogP contribution in [0.15, 0.2) is 73.6 Å². The van der Waals surface area contributed by atoms with E-state index in [1.807, 2.05) is 30.3 Å². The molecule has 5 rings (SSSR count). The van der Waals surface area contributed by atoms with Gasteiger partial charge in [0.15, 0.2) is 0 Å². The molecule has 3 heterocycles. The van der Waals surface area contributed by atoms with Gasteiger partial charge in [-0.15, -0.1) is 0 Å². The van der Waals surface area contributed by atoms with Crippen molar-refractivity contribution >= 4 is 40.0 Å². The molecule has 9 heteroatoms. The standard InChI is InChI=1S/C27H26FN7O/c1-3-25(36)32-24-15-18(9-10-29-24)21-6-4-5-19-17-30-27(33-26(19)21)31-20-7-8-23(22(28)16-20)35-13-11-34(2)12-14-35/h3-10,15-17H,1,11-14H2,2H3,(H,29,32,36)(H,30,31,33). The minimum absolute atomic E-state index is 0.281. The monoisotopic (exact) mass is 483 g/mol. The average Bonchev–Trinajstić information content (AvgIpc) is 2.89. The predicted octanol–water partition coefficient (Wildman–Crippen LogP) is 4.45. The van der Waals surface area contributed by atoms with Crippen LogP contribution in [-0.4, -0.2) is 59.0 Å². The zero-order valence-electron chi connectivity index (χ0n) is 19.9. The molecule has 0 bridgehead atoms. The summed E-state index contributed by atoms with van der Waals surface area (Å²) in [6.45, 7) is 6.88. The molecule has 1 amide bonds. The molecule has 0 unspecified atom stereocenters. The van der Waals surface area contributed by atoms with Crippen molar-refractivity contribution in [2.75, 3.05) is 48.8 Å². The van der Waals surface area contributed by atoms with Gasteiger partial charge in [0.05, 0.1) is 11.2 Å². The second-order valence-corrected chi connectivity index (χ2v) is 8.64. The van der Waals surface area contributed by atoms with Crippen LogP contribution in [-0.2, 0) is 4.79 Å². The molecule has 1 fully saturated rings. The number of benzene rings is 2. The zero-order chi connectivity index (χ0) is 25.1. The first-order valence-electron chi connectivity index (χ1n) is 11.7. The third-order valence-corrected chi connectivity index (χ3v) is 6.17. The molecule has 0 saturated carbocycles. The van der Waals surface area contributed by atoms with Gasteiger partial charge in [-0.25, -0.2) is 19.3 Å². The number of fused-ring (bicyclic) bond motifs is 1. The van der Waals surface area contributed by atoms with Crippen LogP contribution in [0.1, 0.15) is 0 Å². The number of nitrogens with zero attached hydrogens (tertiary/aromatic N) is 5. The molecular weight excluding hydrogens is 457 g/mol. The minimum Gasteiger partial charge on any atom is -0.367 e. The normalized spacial score (nSPS) is 14.0. The number of pyridine rings is 1.